The number of nitrogens with zero attached hydrogens (tertiary/aromatic N) is 1. The van der Waals surface area contributed by atoms with E-state index < -0.39 is 11.9 Å². The number of nitrogens with one attached hydrogen (secondary N) is 1. The molecule has 1 saturated heterocycles. The Hall–Kier alpha value is -1.59. The first-order valence-electron chi connectivity index (χ1n) is 8.33. The highest BCUT2D eigenvalue weighted by Gasteiger charge is 2.38. The van der Waals surface area contributed by atoms with Gasteiger partial charge in [-0.1, -0.05) is 26.2 Å². The van der Waals surface area contributed by atoms with Crippen LogP contribution in [-0.2, 0) is 14.4 Å². The summed E-state index contributed by atoms with van der Waals surface area (Å²) in [6.45, 7) is 2.56. The van der Waals surface area contributed by atoms with Gasteiger partial charge in [0.2, 0.25) is 11.8 Å². The lowest BCUT2D eigenvalue weighted by atomic mass is 10.0. The molecule has 6 nitrogen and oxygen atoms in total. The Bertz CT molecular complexity index is 432. The van der Waals surface area contributed by atoms with Gasteiger partial charge in [-0.05, 0) is 19.3 Å². The van der Waals surface area contributed by atoms with Crippen LogP contribution in [0.4, 0.5) is 0 Å². The third-order valence-corrected chi connectivity index (χ3v) is 4.80. The molecule has 1 aliphatic heterocycles. The number of aliphatic carboxylic acids is 1. The van der Waals surface area contributed by atoms with E-state index in [-0.39, 0.29) is 30.7 Å². The third-order valence-electron chi connectivity index (χ3n) is 4.80. The Morgan fingerprint density at radius 3 is 2.64 bits per heavy atom. The van der Waals surface area contributed by atoms with Crippen molar-refractivity contribution in [3.8, 4) is 0 Å². The number of likely N-dealkylation sites (tertiary alicyclic amines) is 1. The number of rotatable bonds is 7. The van der Waals surface area contributed by atoms with Crippen molar-refractivity contribution in [2.75, 3.05) is 13.1 Å². The molecule has 1 heterocycles. The lowest BCUT2D eigenvalue weighted by Gasteiger charge is -2.24. The molecule has 0 spiro atoms. The first kappa shape index (κ1) is 16.8. The van der Waals surface area contributed by atoms with Crippen molar-refractivity contribution in [1.82, 2.24) is 10.2 Å². The van der Waals surface area contributed by atoms with Gasteiger partial charge in [-0.15, -0.1) is 0 Å². The monoisotopic (exact) mass is 310 g/mol. The maximum atomic E-state index is 12.2. The van der Waals surface area contributed by atoms with Crippen LogP contribution in [0.2, 0.25) is 0 Å². The topological polar surface area (TPSA) is 86.7 Å². The molecular weight excluding hydrogens is 284 g/mol. The second kappa shape index (κ2) is 7.61. The Labute approximate surface area is 131 Å². The summed E-state index contributed by atoms with van der Waals surface area (Å²) in [4.78, 5) is 37.2. The molecule has 22 heavy (non-hydrogen) atoms. The Balaban J connectivity index is 1.83. The van der Waals surface area contributed by atoms with Gasteiger partial charge in [0.1, 0.15) is 0 Å². The van der Waals surface area contributed by atoms with E-state index in [1.54, 1.807) is 0 Å². The summed E-state index contributed by atoms with van der Waals surface area (Å²) in [6.07, 6.45) is 5.96. The van der Waals surface area contributed by atoms with Crippen molar-refractivity contribution in [3.63, 3.8) is 0 Å². The van der Waals surface area contributed by atoms with Crippen LogP contribution in [0.3, 0.4) is 0 Å². The van der Waals surface area contributed by atoms with Crippen molar-refractivity contribution in [1.29, 1.82) is 0 Å². The number of hydrogen-bond donors (Lipinski definition) is 2. The van der Waals surface area contributed by atoms with Crippen LogP contribution in [0.15, 0.2) is 0 Å². The van der Waals surface area contributed by atoms with Gasteiger partial charge in [-0.3, -0.25) is 14.4 Å². The van der Waals surface area contributed by atoms with E-state index in [1.165, 1.54) is 0 Å². The normalized spacial score (nSPS) is 23.8. The molecule has 0 bridgehead atoms. The zero-order valence-corrected chi connectivity index (χ0v) is 13.2. The van der Waals surface area contributed by atoms with Gasteiger partial charge in [0, 0.05) is 25.6 Å². The van der Waals surface area contributed by atoms with Crippen LogP contribution in [0.1, 0.15) is 51.9 Å². The summed E-state index contributed by atoms with van der Waals surface area (Å²) >= 11 is 0. The fraction of sp³-hybridized carbons (Fsp3) is 0.812. The molecule has 2 fully saturated rings. The van der Waals surface area contributed by atoms with Crippen LogP contribution in [-0.4, -0.2) is 46.9 Å². The van der Waals surface area contributed by atoms with Crippen molar-refractivity contribution >= 4 is 17.8 Å². The van der Waals surface area contributed by atoms with E-state index in [1.807, 2.05) is 11.8 Å². The molecule has 0 aromatic carbocycles. The number of carboxylic acids is 1. The fourth-order valence-corrected chi connectivity index (χ4v) is 3.51. The Morgan fingerprint density at radius 1 is 1.36 bits per heavy atom. The van der Waals surface area contributed by atoms with Crippen LogP contribution in [0.25, 0.3) is 0 Å². The summed E-state index contributed by atoms with van der Waals surface area (Å²) in [6, 6.07) is 0.303. The minimum absolute atomic E-state index is 0.0652. The summed E-state index contributed by atoms with van der Waals surface area (Å²) in [7, 11) is 0. The Morgan fingerprint density at radius 2 is 2.05 bits per heavy atom. The highest BCUT2D eigenvalue weighted by Crippen LogP contribution is 2.29. The predicted octanol–water partition coefficient (Wildman–Crippen LogP) is 1.39. The van der Waals surface area contributed by atoms with E-state index in [0.29, 0.717) is 19.0 Å². The van der Waals surface area contributed by atoms with Gasteiger partial charge in [0.15, 0.2) is 0 Å². The van der Waals surface area contributed by atoms with Crippen LogP contribution in [0, 0.1) is 11.8 Å². The second-order valence-electron chi connectivity index (χ2n) is 6.45. The van der Waals surface area contributed by atoms with Gasteiger partial charge in [-0.2, -0.15) is 0 Å². The minimum atomic E-state index is -0.878. The standard InChI is InChI=1S/C16H26N2O4/c1-2-5-11(16(21)22)9-17-15(20)12-8-14(19)18(10-12)13-6-3-4-7-13/h11-13H,2-10H2,1H3,(H,17,20)(H,21,22). The summed E-state index contributed by atoms with van der Waals surface area (Å²) in [5.74, 6) is -1.87. The molecule has 0 aromatic heterocycles. The lowest BCUT2D eigenvalue weighted by molar-refractivity contribution is -0.142. The van der Waals surface area contributed by atoms with Crippen LogP contribution < -0.4 is 5.32 Å². The van der Waals surface area contributed by atoms with Crippen molar-refractivity contribution in [3.05, 3.63) is 0 Å². The first-order valence-corrected chi connectivity index (χ1v) is 8.33. The average molecular weight is 310 g/mol. The largest absolute Gasteiger partial charge is 0.481 e. The first-order chi connectivity index (χ1) is 10.5. The average Bonchev–Trinajstić information content (AvgIpc) is 3.11. The number of amides is 2. The van der Waals surface area contributed by atoms with Gasteiger partial charge in [0.05, 0.1) is 11.8 Å². The van der Waals surface area contributed by atoms with Gasteiger partial charge in [-0.25, -0.2) is 0 Å². The predicted molar refractivity (Wildman–Crippen MR) is 81.1 cm³/mol. The van der Waals surface area contributed by atoms with Crippen LogP contribution >= 0.6 is 0 Å². The second-order valence-corrected chi connectivity index (χ2v) is 6.45. The molecule has 6 heteroatoms. The molecule has 1 saturated carbocycles. The molecule has 0 aromatic rings. The highest BCUT2D eigenvalue weighted by atomic mass is 16.4. The van der Waals surface area contributed by atoms with Gasteiger partial charge >= 0.3 is 5.97 Å². The molecule has 2 aliphatic rings. The SMILES string of the molecule is CCCC(CNC(=O)C1CC(=O)N(C2CCCC2)C1)C(=O)O. The third kappa shape index (κ3) is 3.99. The molecule has 124 valence electrons. The molecule has 2 amide bonds. The molecule has 1 aliphatic carbocycles. The summed E-state index contributed by atoms with van der Waals surface area (Å²) in [5.41, 5.74) is 0. The van der Waals surface area contributed by atoms with Crippen molar-refractivity contribution in [2.24, 2.45) is 11.8 Å². The number of carbonyl (C=O) groups excluding carboxylic acids is 2. The zero-order chi connectivity index (χ0) is 16.1. The minimum Gasteiger partial charge on any atom is -0.481 e. The van der Waals surface area contributed by atoms with E-state index in [2.05, 4.69) is 5.32 Å². The fourth-order valence-electron chi connectivity index (χ4n) is 3.51. The zero-order valence-electron chi connectivity index (χ0n) is 13.2. The van der Waals surface area contributed by atoms with Crippen molar-refractivity contribution in [2.45, 2.75) is 57.9 Å². The van der Waals surface area contributed by atoms with Crippen LogP contribution in [0.5, 0.6) is 0 Å². The molecule has 2 N–H and O–H groups in total. The summed E-state index contributed by atoms with van der Waals surface area (Å²) < 4.78 is 0. The van der Waals surface area contributed by atoms with E-state index in [4.69, 9.17) is 5.11 Å². The van der Waals surface area contributed by atoms with Crippen molar-refractivity contribution < 1.29 is 19.5 Å². The number of carboxylic acid groups (broad SMARTS) is 1. The molecule has 2 rings (SSSR count). The highest BCUT2D eigenvalue weighted by molar-refractivity contribution is 5.89. The van der Waals surface area contributed by atoms with E-state index in [9.17, 15) is 14.4 Å². The van der Waals surface area contributed by atoms with E-state index in [0.717, 1.165) is 32.1 Å². The number of carbonyl (C=O) groups is 3. The van der Waals surface area contributed by atoms with E-state index >= 15 is 0 Å². The molecule has 2 atom stereocenters. The quantitative estimate of drug-likeness (QED) is 0.744. The number of hydrogen-bond acceptors (Lipinski definition) is 3. The molecule has 0 radical (unpaired) electrons. The smallest absolute Gasteiger partial charge is 0.308 e. The molecular formula is C16H26N2O4. The van der Waals surface area contributed by atoms with Gasteiger partial charge < -0.3 is 15.3 Å². The Kier molecular flexibility index (Phi) is 5.80. The van der Waals surface area contributed by atoms with Gasteiger partial charge in [0.25, 0.3) is 0 Å². The summed E-state index contributed by atoms with van der Waals surface area (Å²) in [5, 5.41) is 11.8. The maximum Gasteiger partial charge on any atom is 0.308 e. The maximum absolute atomic E-state index is 12.2. The molecule has 2 unspecified atom stereocenters. The lowest BCUT2D eigenvalue weighted by Crippen LogP contribution is -2.39.